The van der Waals surface area contributed by atoms with Crippen LogP contribution in [-0.2, 0) is 21.4 Å². The summed E-state index contributed by atoms with van der Waals surface area (Å²) < 4.78 is 32.3. The topological polar surface area (TPSA) is 92.0 Å². The van der Waals surface area contributed by atoms with Crippen LogP contribution in [0.25, 0.3) is 0 Å². The number of sulfonamides is 1. The molecule has 0 radical (unpaired) electrons. The number of hydrogen-bond acceptors (Lipinski definition) is 5. The van der Waals surface area contributed by atoms with Gasteiger partial charge < -0.3 is 4.42 Å². The lowest BCUT2D eigenvalue weighted by Crippen LogP contribution is -2.39. The lowest BCUT2D eigenvalue weighted by atomic mass is 9.99. The molecule has 0 atom stereocenters. The van der Waals surface area contributed by atoms with Crippen molar-refractivity contribution in [2.24, 2.45) is 5.10 Å². The summed E-state index contributed by atoms with van der Waals surface area (Å²) in [6.07, 6.45) is 6.54. The average Bonchev–Trinajstić information content (AvgIpc) is 3.20. The van der Waals surface area contributed by atoms with Crippen molar-refractivity contribution in [1.82, 2.24) is 9.73 Å². The predicted molar refractivity (Wildman–Crippen MR) is 101 cm³/mol. The van der Waals surface area contributed by atoms with Crippen molar-refractivity contribution in [3.05, 3.63) is 54.5 Å². The van der Waals surface area contributed by atoms with Crippen LogP contribution >= 0.6 is 0 Å². The highest BCUT2D eigenvalue weighted by atomic mass is 32.2. The third-order valence-electron chi connectivity index (χ3n) is 4.38. The molecular weight excluding hydrogens is 366 g/mol. The van der Waals surface area contributed by atoms with Gasteiger partial charge in [0, 0.05) is 5.71 Å². The summed E-state index contributed by atoms with van der Waals surface area (Å²) in [6.45, 7) is -0.372. The molecule has 8 heteroatoms. The quantitative estimate of drug-likeness (QED) is 0.737. The van der Waals surface area contributed by atoms with E-state index < -0.39 is 15.9 Å². The fraction of sp³-hybridized carbons (Fsp3) is 0.368. The zero-order valence-electron chi connectivity index (χ0n) is 15.0. The number of amides is 1. The monoisotopic (exact) mass is 389 g/mol. The number of hydrogen-bond donors (Lipinski definition) is 1. The summed E-state index contributed by atoms with van der Waals surface area (Å²) in [4.78, 5) is 12.5. The first kappa shape index (κ1) is 19.3. The Hall–Kier alpha value is -2.45. The van der Waals surface area contributed by atoms with Gasteiger partial charge in [-0.1, -0.05) is 24.6 Å². The van der Waals surface area contributed by atoms with Gasteiger partial charge in [-0.2, -0.15) is 9.41 Å². The van der Waals surface area contributed by atoms with Gasteiger partial charge in [-0.3, -0.25) is 4.79 Å². The molecule has 1 aliphatic rings. The van der Waals surface area contributed by atoms with E-state index in [0.717, 1.165) is 35.7 Å². The minimum Gasteiger partial charge on any atom is -0.468 e. The highest BCUT2D eigenvalue weighted by molar-refractivity contribution is 7.89. The molecule has 1 fully saturated rings. The Balaban J connectivity index is 1.74. The summed E-state index contributed by atoms with van der Waals surface area (Å²) >= 11 is 0. The van der Waals surface area contributed by atoms with E-state index in [4.69, 9.17) is 4.42 Å². The number of benzene rings is 1. The largest absolute Gasteiger partial charge is 0.468 e. The second-order valence-corrected chi connectivity index (χ2v) is 8.38. The third kappa shape index (κ3) is 5.27. The molecule has 0 bridgehead atoms. The number of hydrazone groups is 1. The number of rotatable bonds is 7. The van der Waals surface area contributed by atoms with Crippen molar-refractivity contribution < 1.29 is 17.6 Å². The van der Waals surface area contributed by atoms with Crippen LogP contribution in [0, 0.1) is 0 Å². The van der Waals surface area contributed by atoms with E-state index in [-0.39, 0.29) is 18.0 Å². The zero-order valence-corrected chi connectivity index (χ0v) is 15.8. The fourth-order valence-corrected chi connectivity index (χ4v) is 4.34. The Morgan fingerprint density at radius 2 is 1.81 bits per heavy atom. The summed E-state index contributed by atoms with van der Waals surface area (Å²) in [6, 6.07) is 11.4. The molecule has 7 nitrogen and oxygen atoms in total. The van der Waals surface area contributed by atoms with Gasteiger partial charge in [0.05, 0.1) is 24.2 Å². The van der Waals surface area contributed by atoms with Gasteiger partial charge in [-0.25, -0.2) is 13.8 Å². The highest BCUT2D eigenvalue weighted by Gasteiger charge is 2.27. The molecule has 1 heterocycles. The lowest BCUT2D eigenvalue weighted by molar-refractivity contribution is -0.121. The maximum Gasteiger partial charge on any atom is 0.255 e. The average molecular weight is 389 g/mol. The predicted octanol–water partition coefficient (Wildman–Crippen LogP) is 2.91. The van der Waals surface area contributed by atoms with E-state index in [1.807, 2.05) is 0 Å². The summed E-state index contributed by atoms with van der Waals surface area (Å²) in [7, 11) is -3.85. The van der Waals surface area contributed by atoms with Gasteiger partial charge in [0.25, 0.3) is 5.91 Å². The molecule has 2 aromatic rings. The molecule has 0 spiro atoms. The first-order valence-corrected chi connectivity index (χ1v) is 10.4. The molecule has 0 unspecified atom stereocenters. The Morgan fingerprint density at radius 1 is 1.07 bits per heavy atom. The molecule has 1 N–H and O–H groups in total. The molecule has 0 saturated heterocycles. The van der Waals surface area contributed by atoms with Crippen molar-refractivity contribution in [3.8, 4) is 0 Å². The standard InChI is InChI=1S/C19H23N3O4S/c23-19(21-20-16-8-3-1-4-9-16)15-22(14-17-10-7-13-26-17)27(24,25)18-11-5-2-6-12-18/h2,5-7,10-13H,1,3-4,8-9,14-15H2,(H,21,23). The van der Waals surface area contributed by atoms with Crippen LogP contribution in [0.3, 0.4) is 0 Å². The number of nitrogens with one attached hydrogen (secondary N) is 1. The van der Waals surface area contributed by atoms with Crippen LogP contribution in [0.2, 0.25) is 0 Å². The maximum atomic E-state index is 13.0. The van der Waals surface area contributed by atoms with E-state index in [9.17, 15) is 13.2 Å². The van der Waals surface area contributed by atoms with Gasteiger partial charge >= 0.3 is 0 Å². The highest BCUT2D eigenvalue weighted by Crippen LogP contribution is 2.18. The van der Waals surface area contributed by atoms with Crippen LogP contribution in [-0.4, -0.2) is 30.9 Å². The lowest BCUT2D eigenvalue weighted by Gasteiger charge is -2.20. The van der Waals surface area contributed by atoms with E-state index in [1.165, 1.54) is 24.8 Å². The van der Waals surface area contributed by atoms with Gasteiger partial charge in [0.1, 0.15) is 5.76 Å². The molecule has 1 aromatic carbocycles. The van der Waals surface area contributed by atoms with E-state index in [2.05, 4.69) is 10.5 Å². The van der Waals surface area contributed by atoms with Crippen molar-refractivity contribution in [2.75, 3.05) is 6.54 Å². The second-order valence-electron chi connectivity index (χ2n) is 6.44. The van der Waals surface area contributed by atoms with Crippen molar-refractivity contribution in [3.63, 3.8) is 0 Å². The normalized spacial score (nSPS) is 14.9. The van der Waals surface area contributed by atoms with Gasteiger partial charge in [-0.05, 0) is 49.9 Å². The molecular formula is C19H23N3O4S. The summed E-state index contributed by atoms with van der Waals surface area (Å²) in [5.74, 6) is -0.0139. The number of furan rings is 1. The molecule has 3 rings (SSSR count). The molecule has 1 aliphatic carbocycles. The SMILES string of the molecule is O=C(CN(Cc1ccco1)S(=O)(=O)c1ccccc1)NN=C1CCCCC1. The molecule has 1 amide bonds. The fourth-order valence-electron chi connectivity index (χ4n) is 2.95. The Labute approximate surface area is 159 Å². The number of carbonyl (C=O) groups is 1. The van der Waals surface area contributed by atoms with E-state index in [1.54, 1.807) is 30.3 Å². The Morgan fingerprint density at radius 3 is 2.48 bits per heavy atom. The summed E-state index contributed by atoms with van der Waals surface area (Å²) in [5, 5.41) is 4.16. The first-order valence-electron chi connectivity index (χ1n) is 8.97. The van der Waals surface area contributed by atoms with Crippen LogP contribution in [0.4, 0.5) is 0 Å². The molecule has 1 saturated carbocycles. The summed E-state index contributed by atoms with van der Waals surface area (Å²) in [5.41, 5.74) is 3.45. The smallest absolute Gasteiger partial charge is 0.255 e. The Kier molecular flexibility index (Phi) is 6.41. The number of nitrogens with zero attached hydrogens (tertiary/aromatic N) is 2. The number of carbonyl (C=O) groups excluding carboxylic acids is 1. The first-order chi connectivity index (χ1) is 13.1. The minimum atomic E-state index is -3.85. The van der Waals surface area contributed by atoms with Crippen LogP contribution < -0.4 is 5.43 Å². The van der Waals surface area contributed by atoms with Crippen molar-refractivity contribution in [1.29, 1.82) is 0 Å². The van der Waals surface area contributed by atoms with Crippen LogP contribution in [0.1, 0.15) is 37.9 Å². The van der Waals surface area contributed by atoms with E-state index >= 15 is 0 Å². The molecule has 1 aromatic heterocycles. The van der Waals surface area contributed by atoms with Crippen LogP contribution in [0.5, 0.6) is 0 Å². The third-order valence-corrected chi connectivity index (χ3v) is 6.19. The second kappa shape index (κ2) is 8.96. The van der Waals surface area contributed by atoms with Crippen molar-refractivity contribution >= 4 is 21.6 Å². The maximum absolute atomic E-state index is 13.0. The zero-order chi connectivity index (χ0) is 19.1. The molecule has 27 heavy (non-hydrogen) atoms. The van der Waals surface area contributed by atoms with Gasteiger partial charge in [0.2, 0.25) is 10.0 Å². The molecule has 0 aliphatic heterocycles. The van der Waals surface area contributed by atoms with Crippen LogP contribution in [0.15, 0.2) is 63.1 Å². The van der Waals surface area contributed by atoms with Gasteiger partial charge in [-0.15, -0.1) is 0 Å². The minimum absolute atomic E-state index is 0.0335. The van der Waals surface area contributed by atoms with Gasteiger partial charge in [0.15, 0.2) is 0 Å². The molecule has 144 valence electrons. The Bertz CT molecular complexity index is 869. The van der Waals surface area contributed by atoms with Crippen molar-refractivity contribution in [2.45, 2.75) is 43.5 Å². The van der Waals surface area contributed by atoms with E-state index in [0.29, 0.717) is 5.76 Å².